The second-order valence-corrected chi connectivity index (χ2v) is 6.10. The molecule has 2 aromatic rings. The molecule has 0 saturated heterocycles. The molecule has 0 aliphatic carbocycles. The molecule has 1 aromatic carbocycles. The quantitative estimate of drug-likeness (QED) is 0.906. The van der Waals surface area contributed by atoms with Crippen molar-refractivity contribution in [1.29, 1.82) is 0 Å². The first-order chi connectivity index (χ1) is 9.85. The molecule has 3 nitrogen and oxygen atoms in total. The normalized spacial score (nSPS) is 12.6. The summed E-state index contributed by atoms with van der Waals surface area (Å²) in [5.41, 5.74) is 2.10. The Morgan fingerprint density at radius 2 is 1.77 bits per heavy atom. The van der Waals surface area contributed by atoms with Crippen LogP contribution in [0.2, 0.25) is 0 Å². The van der Waals surface area contributed by atoms with Crippen LogP contribution in [0.15, 0.2) is 42.5 Å². The van der Waals surface area contributed by atoms with Gasteiger partial charge in [-0.05, 0) is 57.2 Å². The minimum atomic E-state index is -0.676. The lowest BCUT2D eigenvalue weighted by Crippen LogP contribution is -2.38. The zero-order valence-corrected chi connectivity index (χ0v) is 14.1. The van der Waals surface area contributed by atoms with Crippen LogP contribution in [0.1, 0.15) is 32.6 Å². The Morgan fingerprint density at radius 3 is 2.36 bits per heavy atom. The molecule has 0 radical (unpaired) electrons. The summed E-state index contributed by atoms with van der Waals surface area (Å²) in [6, 6.07) is 11.7. The van der Waals surface area contributed by atoms with Gasteiger partial charge >= 0.3 is 0 Å². The molecule has 0 saturated carbocycles. The van der Waals surface area contributed by atoms with Gasteiger partial charge in [-0.1, -0.05) is 6.07 Å². The standard InChI is InChI=1S/C17H21FN2O.H2S/c1-17(2,3)19-11-16(21)15-6-4-5-14(20-15)12-7-9-13(18)10-8-12;/h4-10,16,19,21H,11H2,1-3H3;1H2/t16-;/m0./s1. The fraction of sp³-hybridized carbons (Fsp3) is 0.353. The Morgan fingerprint density at radius 1 is 1.14 bits per heavy atom. The van der Waals surface area contributed by atoms with Gasteiger partial charge in [0.2, 0.25) is 0 Å². The second kappa shape index (κ2) is 7.72. The van der Waals surface area contributed by atoms with Crippen molar-refractivity contribution in [2.24, 2.45) is 0 Å². The van der Waals surface area contributed by atoms with Gasteiger partial charge in [0.25, 0.3) is 0 Å². The van der Waals surface area contributed by atoms with Gasteiger partial charge < -0.3 is 10.4 Å². The van der Waals surface area contributed by atoms with Gasteiger partial charge in [-0.25, -0.2) is 4.39 Å². The van der Waals surface area contributed by atoms with E-state index in [-0.39, 0.29) is 24.9 Å². The van der Waals surface area contributed by atoms with E-state index in [1.54, 1.807) is 18.2 Å². The molecule has 2 rings (SSSR count). The van der Waals surface area contributed by atoms with Crippen LogP contribution in [0.4, 0.5) is 4.39 Å². The third-order valence-electron chi connectivity index (χ3n) is 3.08. The summed E-state index contributed by atoms with van der Waals surface area (Å²) in [5.74, 6) is -0.274. The molecule has 22 heavy (non-hydrogen) atoms. The average molecular weight is 322 g/mol. The van der Waals surface area contributed by atoms with Crippen molar-refractivity contribution < 1.29 is 9.50 Å². The average Bonchev–Trinajstić information content (AvgIpc) is 2.45. The maximum Gasteiger partial charge on any atom is 0.123 e. The number of aromatic nitrogens is 1. The first-order valence-corrected chi connectivity index (χ1v) is 7.01. The van der Waals surface area contributed by atoms with Crippen molar-refractivity contribution >= 4 is 13.5 Å². The van der Waals surface area contributed by atoms with E-state index in [0.717, 1.165) is 11.3 Å². The molecule has 0 amide bonds. The summed E-state index contributed by atoms with van der Waals surface area (Å²) in [5, 5.41) is 13.5. The predicted octanol–water partition coefficient (Wildman–Crippen LogP) is 3.42. The number of nitrogens with zero attached hydrogens (tertiary/aromatic N) is 1. The molecule has 120 valence electrons. The molecule has 0 aliphatic heterocycles. The topological polar surface area (TPSA) is 45.1 Å². The Hall–Kier alpha value is -1.43. The maximum absolute atomic E-state index is 13.0. The van der Waals surface area contributed by atoms with Crippen LogP contribution in [0, 0.1) is 5.82 Å². The highest BCUT2D eigenvalue weighted by Gasteiger charge is 2.15. The Labute approximate surface area is 138 Å². The fourth-order valence-corrected chi connectivity index (χ4v) is 1.93. The van der Waals surface area contributed by atoms with Crippen molar-refractivity contribution in [3.8, 4) is 11.3 Å². The van der Waals surface area contributed by atoms with Crippen molar-refractivity contribution in [3.63, 3.8) is 0 Å². The van der Waals surface area contributed by atoms with Crippen LogP contribution in [0.25, 0.3) is 11.3 Å². The number of aliphatic hydroxyl groups is 1. The molecule has 0 unspecified atom stereocenters. The lowest BCUT2D eigenvalue weighted by atomic mass is 10.1. The number of benzene rings is 1. The second-order valence-electron chi connectivity index (χ2n) is 6.10. The highest BCUT2D eigenvalue weighted by atomic mass is 32.1. The monoisotopic (exact) mass is 322 g/mol. The zero-order chi connectivity index (χ0) is 15.5. The van der Waals surface area contributed by atoms with Crippen LogP contribution in [-0.4, -0.2) is 22.2 Å². The molecule has 5 heteroatoms. The van der Waals surface area contributed by atoms with E-state index < -0.39 is 6.10 Å². The fourth-order valence-electron chi connectivity index (χ4n) is 1.93. The molecule has 0 bridgehead atoms. The maximum atomic E-state index is 13.0. The van der Waals surface area contributed by atoms with Gasteiger partial charge in [0, 0.05) is 17.6 Å². The summed E-state index contributed by atoms with van der Waals surface area (Å²) >= 11 is 0. The Bertz CT molecular complexity index is 596. The van der Waals surface area contributed by atoms with E-state index in [4.69, 9.17) is 0 Å². The van der Waals surface area contributed by atoms with Crippen molar-refractivity contribution in [2.45, 2.75) is 32.4 Å². The molecular weight excluding hydrogens is 299 g/mol. The van der Waals surface area contributed by atoms with Gasteiger partial charge in [0.1, 0.15) is 11.9 Å². The van der Waals surface area contributed by atoms with Crippen LogP contribution >= 0.6 is 13.5 Å². The van der Waals surface area contributed by atoms with E-state index in [0.29, 0.717) is 12.2 Å². The van der Waals surface area contributed by atoms with Gasteiger partial charge in [-0.3, -0.25) is 4.98 Å². The number of halogens is 1. The van der Waals surface area contributed by atoms with Crippen LogP contribution < -0.4 is 5.32 Å². The third-order valence-corrected chi connectivity index (χ3v) is 3.08. The predicted molar refractivity (Wildman–Crippen MR) is 92.7 cm³/mol. The van der Waals surface area contributed by atoms with E-state index >= 15 is 0 Å². The Kier molecular flexibility index (Phi) is 6.53. The summed E-state index contributed by atoms with van der Waals surface area (Å²) in [6.07, 6.45) is -0.676. The van der Waals surface area contributed by atoms with Gasteiger partial charge in [0.15, 0.2) is 0 Å². The molecule has 0 fully saturated rings. The number of β-amino-alcohol motifs (C(OH)–C–C–N with tert-alkyl or cyclic N) is 1. The van der Waals surface area contributed by atoms with Crippen molar-refractivity contribution in [2.75, 3.05) is 6.54 Å². The molecule has 0 aliphatic rings. The summed E-state index contributed by atoms with van der Waals surface area (Å²) in [4.78, 5) is 4.46. The minimum Gasteiger partial charge on any atom is -0.385 e. The number of nitrogens with one attached hydrogen (secondary N) is 1. The molecular formula is C17H23FN2OS. The number of hydrogen-bond acceptors (Lipinski definition) is 3. The first kappa shape index (κ1) is 18.6. The summed E-state index contributed by atoms with van der Waals surface area (Å²) in [7, 11) is 0. The van der Waals surface area contributed by atoms with Crippen LogP contribution in [0.3, 0.4) is 0 Å². The highest BCUT2D eigenvalue weighted by molar-refractivity contribution is 7.59. The largest absolute Gasteiger partial charge is 0.385 e. The zero-order valence-electron chi connectivity index (χ0n) is 13.1. The van der Waals surface area contributed by atoms with Gasteiger partial charge in [-0.15, -0.1) is 0 Å². The van der Waals surface area contributed by atoms with E-state index in [1.807, 2.05) is 32.9 Å². The number of aliphatic hydroxyl groups excluding tert-OH is 1. The van der Waals surface area contributed by atoms with Gasteiger partial charge in [0.05, 0.1) is 11.4 Å². The molecule has 2 N–H and O–H groups in total. The molecule has 1 heterocycles. The lowest BCUT2D eigenvalue weighted by Gasteiger charge is -2.22. The Balaban J connectivity index is 0.00000242. The van der Waals surface area contributed by atoms with Crippen molar-refractivity contribution in [1.82, 2.24) is 10.3 Å². The van der Waals surface area contributed by atoms with E-state index in [9.17, 15) is 9.50 Å². The van der Waals surface area contributed by atoms with E-state index in [1.165, 1.54) is 12.1 Å². The summed E-state index contributed by atoms with van der Waals surface area (Å²) in [6.45, 7) is 6.57. The highest BCUT2D eigenvalue weighted by Crippen LogP contribution is 2.20. The number of pyridine rings is 1. The molecule has 0 spiro atoms. The van der Waals surface area contributed by atoms with Crippen LogP contribution in [0.5, 0.6) is 0 Å². The van der Waals surface area contributed by atoms with Crippen molar-refractivity contribution in [3.05, 3.63) is 54.0 Å². The molecule has 1 atom stereocenters. The van der Waals surface area contributed by atoms with Gasteiger partial charge in [-0.2, -0.15) is 13.5 Å². The first-order valence-electron chi connectivity index (χ1n) is 7.01. The number of rotatable bonds is 4. The third kappa shape index (κ3) is 5.40. The lowest BCUT2D eigenvalue weighted by molar-refractivity contribution is 0.159. The van der Waals surface area contributed by atoms with E-state index in [2.05, 4.69) is 10.3 Å². The SMILES string of the molecule is CC(C)(C)NC[C@H](O)c1cccc(-c2ccc(F)cc2)n1.S. The smallest absolute Gasteiger partial charge is 0.123 e. The molecule has 1 aromatic heterocycles. The minimum absolute atomic E-state index is 0. The van der Waals surface area contributed by atoms with Crippen LogP contribution in [-0.2, 0) is 0 Å². The number of hydrogen-bond donors (Lipinski definition) is 2. The summed E-state index contributed by atoms with van der Waals surface area (Å²) < 4.78 is 13.0.